The lowest BCUT2D eigenvalue weighted by Crippen LogP contribution is -2.26. The number of allylic oxidation sites excluding steroid dienone is 12. The SMILES string of the molecule is CC(C1=CCC(=O)C=C1)(C1=CCC(=O)C=C1)C1=CCC(=O)C=C1. The zero-order valence-corrected chi connectivity index (χ0v) is 13.0. The van der Waals surface area contributed by atoms with E-state index < -0.39 is 5.41 Å². The molecular weight excluding hydrogens is 288 g/mol. The number of rotatable bonds is 3. The Morgan fingerprint density at radius 3 is 1.13 bits per heavy atom. The number of hydrogen-bond donors (Lipinski definition) is 0. The van der Waals surface area contributed by atoms with Crippen molar-refractivity contribution in [3.63, 3.8) is 0 Å². The van der Waals surface area contributed by atoms with E-state index in [-0.39, 0.29) is 17.3 Å². The Hall–Kier alpha value is -2.55. The van der Waals surface area contributed by atoms with E-state index in [0.717, 1.165) is 16.7 Å². The average molecular weight is 306 g/mol. The highest BCUT2D eigenvalue weighted by molar-refractivity contribution is 5.95. The molecule has 0 amide bonds. The van der Waals surface area contributed by atoms with Crippen LogP contribution >= 0.6 is 0 Å². The minimum Gasteiger partial charge on any atom is -0.295 e. The number of hydrogen-bond acceptors (Lipinski definition) is 3. The molecule has 0 fully saturated rings. The second-order valence-corrected chi connectivity index (χ2v) is 6.11. The molecule has 23 heavy (non-hydrogen) atoms. The van der Waals surface area contributed by atoms with Gasteiger partial charge in [0, 0.05) is 24.7 Å². The van der Waals surface area contributed by atoms with Gasteiger partial charge in [-0.25, -0.2) is 0 Å². The van der Waals surface area contributed by atoms with Crippen LogP contribution in [0, 0.1) is 5.41 Å². The fourth-order valence-electron chi connectivity index (χ4n) is 3.20. The maximum absolute atomic E-state index is 11.5. The maximum atomic E-state index is 11.5. The van der Waals surface area contributed by atoms with Gasteiger partial charge in [0.25, 0.3) is 0 Å². The normalized spacial score (nSPS) is 21.3. The van der Waals surface area contributed by atoms with E-state index in [2.05, 4.69) is 6.92 Å². The van der Waals surface area contributed by atoms with Crippen molar-refractivity contribution in [1.29, 1.82) is 0 Å². The Morgan fingerprint density at radius 2 is 0.913 bits per heavy atom. The van der Waals surface area contributed by atoms with E-state index in [1.165, 1.54) is 0 Å². The molecule has 0 N–H and O–H groups in total. The summed E-state index contributed by atoms with van der Waals surface area (Å²) in [5.74, 6) is 0.258. The van der Waals surface area contributed by atoms with Gasteiger partial charge < -0.3 is 0 Å². The summed E-state index contributed by atoms with van der Waals surface area (Å²) in [7, 11) is 0. The molecule has 0 radical (unpaired) electrons. The molecule has 0 unspecified atom stereocenters. The minimum absolute atomic E-state index is 0.0859. The number of ketones is 3. The van der Waals surface area contributed by atoms with Gasteiger partial charge in [0.05, 0.1) is 0 Å². The second kappa shape index (κ2) is 5.92. The number of carbonyl (C=O) groups excluding carboxylic acids is 3. The van der Waals surface area contributed by atoms with Gasteiger partial charge in [-0.15, -0.1) is 0 Å². The second-order valence-electron chi connectivity index (χ2n) is 6.11. The van der Waals surface area contributed by atoms with E-state index in [4.69, 9.17) is 0 Å². The third kappa shape index (κ3) is 2.87. The van der Waals surface area contributed by atoms with Crippen molar-refractivity contribution in [2.24, 2.45) is 5.41 Å². The van der Waals surface area contributed by atoms with Crippen molar-refractivity contribution in [3.05, 3.63) is 71.4 Å². The smallest absolute Gasteiger partial charge is 0.159 e. The molecule has 0 aromatic heterocycles. The molecule has 3 heteroatoms. The van der Waals surface area contributed by atoms with E-state index in [1.54, 1.807) is 18.2 Å². The fraction of sp³-hybridized carbons (Fsp3) is 0.250. The summed E-state index contributed by atoms with van der Waals surface area (Å²) < 4.78 is 0. The van der Waals surface area contributed by atoms with Crippen LogP contribution in [0.4, 0.5) is 0 Å². The van der Waals surface area contributed by atoms with Crippen LogP contribution in [0.25, 0.3) is 0 Å². The summed E-state index contributed by atoms with van der Waals surface area (Å²) in [5, 5.41) is 0. The highest BCUT2D eigenvalue weighted by Gasteiger charge is 2.36. The van der Waals surface area contributed by atoms with Crippen LogP contribution in [0.3, 0.4) is 0 Å². The monoisotopic (exact) mass is 306 g/mol. The third-order valence-corrected chi connectivity index (χ3v) is 4.65. The van der Waals surface area contributed by atoms with Crippen molar-refractivity contribution < 1.29 is 14.4 Å². The molecule has 116 valence electrons. The summed E-state index contributed by atoms with van der Waals surface area (Å²) in [4.78, 5) is 34.5. The van der Waals surface area contributed by atoms with E-state index in [1.807, 2.05) is 36.5 Å². The molecule has 0 spiro atoms. The molecule has 0 aromatic carbocycles. The topological polar surface area (TPSA) is 51.2 Å². The number of carbonyl (C=O) groups is 3. The summed E-state index contributed by atoms with van der Waals surface area (Å²) in [6.07, 6.45) is 17.3. The van der Waals surface area contributed by atoms with E-state index >= 15 is 0 Å². The first-order valence-corrected chi connectivity index (χ1v) is 7.75. The van der Waals surface area contributed by atoms with Crippen LogP contribution in [-0.2, 0) is 14.4 Å². The van der Waals surface area contributed by atoms with Crippen LogP contribution in [0.1, 0.15) is 26.2 Å². The van der Waals surface area contributed by atoms with Gasteiger partial charge in [-0.05, 0) is 41.9 Å². The van der Waals surface area contributed by atoms with E-state index in [9.17, 15) is 14.4 Å². The Morgan fingerprint density at radius 1 is 0.609 bits per heavy atom. The first-order chi connectivity index (χ1) is 11.0. The van der Waals surface area contributed by atoms with Crippen LogP contribution < -0.4 is 0 Å². The molecule has 0 atom stereocenters. The van der Waals surface area contributed by atoms with Gasteiger partial charge in [-0.2, -0.15) is 0 Å². The lowest BCUT2D eigenvalue weighted by Gasteiger charge is -2.37. The summed E-state index contributed by atoms with van der Waals surface area (Å²) in [6.45, 7) is 2.08. The molecule has 0 saturated carbocycles. The Labute approximate surface area is 135 Å². The van der Waals surface area contributed by atoms with Crippen LogP contribution in [0.5, 0.6) is 0 Å². The van der Waals surface area contributed by atoms with Gasteiger partial charge in [-0.3, -0.25) is 14.4 Å². The van der Waals surface area contributed by atoms with Crippen molar-refractivity contribution >= 4 is 17.3 Å². The summed E-state index contributed by atoms with van der Waals surface area (Å²) >= 11 is 0. The average Bonchev–Trinajstić information content (AvgIpc) is 2.56. The van der Waals surface area contributed by atoms with Crippen LogP contribution in [0.2, 0.25) is 0 Å². The summed E-state index contributed by atoms with van der Waals surface area (Å²) in [5.41, 5.74) is 2.60. The highest BCUT2D eigenvalue weighted by Crippen LogP contribution is 2.46. The molecule has 0 aliphatic heterocycles. The molecular formula is C20H18O3. The highest BCUT2D eigenvalue weighted by atomic mass is 16.1. The quantitative estimate of drug-likeness (QED) is 0.803. The largest absolute Gasteiger partial charge is 0.295 e. The van der Waals surface area contributed by atoms with Crippen LogP contribution in [0.15, 0.2) is 71.4 Å². The standard InChI is InChI=1S/C20H18O3/c1-20(14-2-8-17(21)9-3-14,15-4-10-18(22)11-5-15)16-6-12-19(23)13-7-16/h2-8,10,12H,9,11,13H2,1H3. The zero-order chi connectivity index (χ0) is 16.4. The third-order valence-electron chi connectivity index (χ3n) is 4.65. The van der Waals surface area contributed by atoms with Crippen molar-refractivity contribution in [2.75, 3.05) is 0 Å². The predicted molar refractivity (Wildman–Crippen MR) is 88.6 cm³/mol. The summed E-state index contributed by atoms with van der Waals surface area (Å²) in [6, 6.07) is 0. The lowest BCUT2D eigenvalue weighted by atomic mass is 9.66. The van der Waals surface area contributed by atoms with E-state index in [0.29, 0.717) is 19.3 Å². The molecule has 3 aliphatic carbocycles. The molecule has 0 saturated heterocycles. The van der Waals surface area contributed by atoms with Crippen molar-refractivity contribution in [1.82, 2.24) is 0 Å². The molecule has 3 rings (SSSR count). The van der Waals surface area contributed by atoms with Crippen molar-refractivity contribution in [3.8, 4) is 0 Å². The first-order valence-electron chi connectivity index (χ1n) is 7.75. The first kappa shape index (κ1) is 15.3. The molecule has 0 bridgehead atoms. The minimum atomic E-state index is -0.467. The molecule has 0 heterocycles. The van der Waals surface area contributed by atoms with Gasteiger partial charge >= 0.3 is 0 Å². The van der Waals surface area contributed by atoms with Crippen molar-refractivity contribution in [2.45, 2.75) is 26.2 Å². The van der Waals surface area contributed by atoms with Gasteiger partial charge in [0.15, 0.2) is 17.3 Å². The Bertz CT molecular complexity index is 664. The predicted octanol–water partition coefficient (Wildman–Crippen LogP) is 3.36. The van der Waals surface area contributed by atoms with Gasteiger partial charge in [0.2, 0.25) is 0 Å². The lowest BCUT2D eigenvalue weighted by molar-refractivity contribution is -0.114. The zero-order valence-electron chi connectivity index (χ0n) is 13.0. The molecule has 3 aliphatic rings. The van der Waals surface area contributed by atoms with Gasteiger partial charge in [0.1, 0.15) is 0 Å². The molecule has 3 nitrogen and oxygen atoms in total. The Balaban J connectivity index is 2.07. The maximum Gasteiger partial charge on any atom is 0.159 e. The molecule has 0 aromatic rings. The van der Waals surface area contributed by atoms with Crippen LogP contribution in [-0.4, -0.2) is 17.3 Å². The van der Waals surface area contributed by atoms with Gasteiger partial charge in [-0.1, -0.05) is 36.5 Å². The fourth-order valence-corrected chi connectivity index (χ4v) is 3.20. The Kier molecular flexibility index (Phi) is 3.95.